The third-order valence-corrected chi connectivity index (χ3v) is 5.79. The maximum Gasteiger partial charge on any atom is 0.295 e. The first kappa shape index (κ1) is 23.6. The summed E-state index contributed by atoms with van der Waals surface area (Å²) in [5.74, 6) is 0.126. The molecule has 1 atom stereocenters. The van der Waals surface area contributed by atoms with Crippen molar-refractivity contribution >= 4 is 17.4 Å². The van der Waals surface area contributed by atoms with E-state index >= 15 is 0 Å². The Bertz CT molecular complexity index is 1110. The van der Waals surface area contributed by atoms with Crippen LogP contribution in [0.5, 0.6) is 17.2 Å². The number of fused-ring (bicyclic) bond motifs is 1. The van der Waals surface area contributed by atoms with E-state index in [-0.39, 0.29) is 11.3 Å². The maximum atomic E-state index is 13.2. The van der Waals surface area contributed by atoms with E-state index in [9.17, 15) is 14.7 Å². The Morgan fingerprint density at radius 1 is 1.12 bits per heavy atom. The second-order valence-corrected chi connectivity index (χ2v) is 8.58. The van der Waals surface area contributed by atoms with Crippen LogP contribution in [0.3, 0.4) is 0 Å². The molecule has 34 heavy (non-hydrogen) atoms. The fourth-order valence-corrected chi connectivity index (χ4v) is 4.11. The van der Waals surface area contributed by atoms with Gasteiger partial charge in [0.2, 0.25) is 0 Å². The lowest BCUT2D eigenvalue weighted by molar-refractivity contribution is -0.140. The zero-order valence-corrected chi connectivity index (χ0v) is 19.7. The van der Waals surface area contributed by atoms with Crippen molar-refractivity contribution in [2.45, 2.75) is 19.4 Å². The minimum Gasteiger partial charge on any atom is -0.507 e. The predicted octanol–water partition coefficient (Wildman–Crippen LogP) is 3.23. The first-order valence-corrected chi connectivity index (χ1v) is 11.5. The Labute approximate surface area is 199 Å². The van der Waals surface area contributed by atoms with Gasteiger partial charge in [-0.25, -0.2) is 0 Å². The molecular weight excluding hydrogens is 436 g/mol. The number of hydrogen-bond donors (Lipinski definition) is 1. The number of aliphatic hydroxyl groups is 1. The fraction of sp³-hybridized carbons (Fsp3) is 0.385. The molecule has 0 spiro atoms. The molecule has 2 aliphatic heterocycles. The first-order chi connectivity index (χ1) is 16.4. The van der Waals surface area contributed by atoms with E-state index < -0.39 is 17.7 Å². The summed E-state index contributed by atoms with van der Waals surface area (Å²) in [6, 6.07) is 11.6. The summed E-state index contributed by atoms with van der Waals surface area (Å²) in [6.07, 6.45) is 0.857. The molecule has 2 aromatic carbocycles. The Morgan fingerprint density at radius 3 is 2.62 bits per heavy atom. The van der Waals surface area contributed by atoms with Gasteiger partial charge < -0.3 is 29.1 Å². The highest BCUT2D eigenvalue weighted by Crippen LogP contribution is 2.41. The van der Waals surface area contributed by atoms with E-state index in [1.165, 1.54) is 4.90 Å². The molecule has 0 saturated carbocycles. The van der Waals surface area contributed by atoms with E-state index in [4.69, 9.17) is 14.2 Å². The molecule has 8 heteroatoms. The SMILES string of the molecule is CCCOc1cccc(C2C(=C(O)c3ccc4c(c3)OCCO4)C(=O)C(=O)N2CCN(C)C)c1. The zero-order chi connectivity index (χ0) is 24.2. The third-order valence-electron chi connectivity index (χ3n) is 5.79. The number of nitrogens with zero attached hydrogens (tertiary/aromatic N) is 2. The summed E-state index contributed by atoms with van der Waals surface area (Å²) in [5.41, 5.74) is 1.14. The molecule has 1 amide bonds. The minimum atomic E-state index is -0.738. The van der Waals surface area contributed by atoms with E-state index in [1.54, 1.807) is 18.2 Å². The van der Waals surface area contributed by atoms with Crippen LogP contribution in [-0.4, -0.2) is 73.6 Å². The summed E-state index contributed by atoms with van der Waals surface area (Å²) in [5, 5.41) is 11.3. The van der Waals surface area contributed by atoms with Crippen LogP contribution in [0.1, 0.15) is 30.5 Å². The summed E-state index contributed by atoms with van der Waals surface area (Å²) in [7, 11) is 3.81. The summed E-state index contributed by atoms with van der Waals surface area (Å²) >= 11 is 0. The van der Waals surface area contributed by atoms with Gasteiger partial charge in [-0.2, -0.15) is 0 Å². The number of amides is 1. The van der Waals surface area contributed by atoms with E-state index in [0.29, 0.717) is 61.3 Å². The van der Waals surface area contributed by atoms with Crippen LogP contribution in [0.4, 0.5) is 0 Å². The molecule has 2 aliphatic rings. The molecule has 4 rings (SSSR count). The molecular formula is C26H30N2O6. The Hall–Kier alpha value is -3.52. The molecule has 1 fully saturated rings. The fourth-order valence-electron chi connectivity index (χ4n) is 4.11. The van der Waals surface area contributed by atoms with E-state index in [2.05, 4.69) is 0 Å². The van der Waals surface area contributed by atoms with Gasteiger partial charge in [0.1, 0.15) is 24.7 Å². The number of likely N-dealkylation sites (N-methyl/N-ethyl adjacent to an activating group) is 1. The normalized spacial score (nSPS) is 19.1. The van der Waals surface area contributed by atoms with Gasteiger partial charge in [0.05, 0.1) is 18.2 Å². The van der Waals surface area contributed by atoms with Crippen LogP contribution < -0.4 is 14.2 Å². The third kappa shape index (κ3) is 4.72. The van der Waals surface area contributed by atoms with Crippen molar-refractivity contribution in [2.75, 3.05) is 47.0 Å². The van der Waals surface area contributed by atoms with Gasteiger partial charge in [-0.05, 0) is 56.4 Å². The van der Waals surface area contributed by atoms with Gasteiger partial charge in [0, 0.05) is 18.7 Å². The van der Waals surface area contributed by atoms with Crippen LogP contribution >= 0.6 is 0 Å². The van der Waals surface area contributed by atoms with Gasteiger partial charge >= 0.3 is 0 Å². The van der Waals surface area contributed by atoms with Crippen molar-refractivity contribution in [1.29, 1.82) is 0 Å². The average Bonchev–Trinajstić information content (AvgIpc) is 3.10. The van der Waals surface area contributed by atoms with Crippen molar-refractivity contribution in [3.05, 3.63) is 59.2 Å². The van der Waals surface area contributed by atoms with Crippen molar-refractivity contribution in [3.63, 3.8) is 0 Å². The monoisotopic (exact) mass is 466 g/mol. The Kier molecular flexibility index (Phi) is 7.07. The second kappa shape index (κ2) is 10.2. The number of ether oxygens (including phenoxy) is 3. The zero-order valence-electron chi connectivity index (χ0n) is 19.7. The smallest absolute Gasteiger partial charge is 0.295 e. The molecule has 2 aromatic rings. The largest absolute Gasteiger partial charge is 0.507 e. The lowest BCUT2D eigenvalue weighted by atomic mass is 9.95. The standard InChI is InChI=1S/C26H30N2O6/c1-4-12-32-19-7-5-6-17(15-19)23-22(25(30)26(31)28(23)11-10-27(2)3)24(29)18-8-9-20-21(16-18)34-14-13-33-20/h5-9,15-16,23,29H,4,10-14H2,1-3H3. The van der Waals surface area contributed by atoms with Crippen molar-refractivity contribution < 1.29 is 28.9 Å². The molecule has 0 aromatic heterocycles. The number of benzene rings is 2. The number of likely N-dealkylation sites (tertiary alicyclic amines) is 1. The molecule has 1 unspecified atom stereocenters. The second-order valence-electron chi connectivity index (χ2n) is 8.58. The van der Waals surface area contributed by atoms with Crippen molar-refractivity contribution in [1.82, 2.24) is 9.80 Å². The number of hydrogen-bond acceptors (Lipinski definition) is 7. The molecule has 0 aliphatic carbocycles. The molecule has 2 heterocycles. The Balaban J connectivity index is 1.80. The highest BCUT2D eigenvalue weighted by Gasteiger charge is 2.46. The number of carbonyl (C=O) groups excluding carboxylic acids is 2. The molecule has 0 radical (unpaired) electrons. The van der Waals surface area contributed by atoms with Gasteiger partial charge in [-0.1, -0.05) is 19.1 Å². The van der Waals surface area contributed by atoms with Gasteiger partial charge in [0.15, 0.2) is 11.5 Å². The highest BCUT2D eigenvalue weighted by molar-refractivity contribution is 6.46. The molecule has 0 bridgehead atoms. The quantitative estimate of drug-likeness (QED) is 0.363. The lowest BCUT2D eigenvalue weighted by Crippen LogP contribution is -2.35. The summed E-state index contributed by atoms with van der Waals surface area (Å²) in [4.78, 5) is 29.7. The van der Waals surface area contributed by atoms with Crippen molar-refractivity contribution in [2.24, 2.45) is 0 Å². The van der Waals surface area contributed by atoms with Crippen LogP contribution in [-0.2, 0) is 9.59 Å². The first-order valence-electron chi connectivity index (χ1n) is 11.5. The molecule has 180 valence electrons. The minimum absolute atomic E-state index is 0.0491. The number of rotatable bonds is 8. The number of ketones is 1. The Morgan fingerprint density at radius 2 is 1.88 bits per heavy atom. The summed E-state index contributed by atoms with van der Waals surface area (Å²) in [6.45, 7) is 4.33. The van der Waals surface area contributed by atoms with E-state index in [1.807, 2.05) is 50.2 Å². The average molecular weight is 467 g/mol. The predicted molar refractivity (Wildman–Crippen MR) is 127 cm³/mol. The van der Waals surface area contributed by atoms with Crippen molar-refractivity contribution in [3.8, 4) is 17.2 Å². The molecule has 1 saturated heterocycles. The highest BCUT2D eigenvalue weighted by atomic mass is 16.6. The number of carbonyl (C=O) groups is 2. The van der Waals surface area contributed by atoms with Crippen LogP contribution in [0.15, 0.2) is 48.0 Å². The number of aliphatic hydroxyl groups excluding tert-OH is 1. The van der Waals surface area contributed by atoms with Gasteiger partial charge in [-0.15, -0.1) is 0 Å². The van der Waals surface area contributed by atoms with E-state index in [0.717, 1.165) is 6.42 Å². The van der Waals surface area contributed by atoms with Crippen LogP contribution in [0, 0.1) is 0 Å². The molecule has 1 N–H and O–H groups in total. The topological polar surface area (TPSA) is 88.5 Å². The molecule has 8 nitrogen and oxygen atoms in total. The number of Topliss-reactive ketones (excluding diaryl/α,β-unsaturated/α-hetero) is 1. The maximum absolute atomic E-state index is 13.2. The lowest BCUT2D eigenvalue weighted by Gasteiger charge is -2.27. The van der Waals surface area contributed by atoms with Gasteiger partial charge in [0.25, 0.3) is 11.7 Å². The van der Waals surface area contributed by atoms with Crippen LogP contribution in [0.25, 0.3) is 5.76 Å². The van der Waals surface area contributed by atoms with Gasteiger partial charge in [-0.3, -0.25) is 9.59 Å². The van der Waals surface area contributed by atoms with Crippen LogP contribution in [0.2, 0.25) is 0 Å². The summed E-state index contributed by atoms with van der Waals surface area (Å²) < 4.78 is 17.0.